The van der Waals surface area contributed by atoms with Crippen LogP contribution in [0.2, 0.25) is 0 Å². The van der Waals surface area contributed by atoms with E-state index in [4.69, 9.17) is 0 Å². The summed E-state index contributed by atoms with van der Waals surface area (Å²) in [4.78, 5) is 43.2. The van der Waals surface area contributed by atoms with E-state index in [0.717, 1.165) is 40.9 Å². The molecule has 2 heterocycles. The van der Waals surface area contributed by atoms with Gasteiger partial charge in [-0.3, -0.25) is 24.0 Å². The molecule has 0 bridgehead atoms. The van der Waals surface area contributed by atoms with Gasteiger partial charge in [-0.15, -0.1) is 0 Å². The Kier molecular flexibility index (Phi) is 6.02. The molecule has 3 amide bonds. The van der Waals surface area contributed by atoms with Crippen LogP contribution >= 0.6 is 0 Å². The molecule has 2 aromatic carbocycles. The lowest BCUT2D eigenvalue weighted by molar-refractivity contribution is -0.142. The summed E-state index contributed by atoms with van der Waals surface area (Å²) in [6, 6.07) is 17.9. The average Bonchev–Trinajstić information content (AvgIpc) is 3.65. The summed E-state index contributed by atoms with van der Waals surface area (Å²) >= 11 is 0. The molecule has 36 heavy (non-hydrogen) atoms. The Balaban J connectivity index is 1.47. The van der Waals surface area contributed by atoms with Crippen LogP contribution in [0.15, 0.2) is 54.6 Å². The fourth-order valence-corrected chi connectivity index (χ4v) is 5.35. The van der Waals surface area contributed by atoms with Gasteiger partial charge in [0.05, 0.1) is 11.1 Å². The van der Waals surface area contributed by atoms with Crippen LogP contribution in [-0.4, -0.2) is 50.4 Å². The Morgan fingerprint density at radius 3 is 2.17 bits per heavy atom. The lowest BCUT2D eigenvalue weighted by Crippen LogP contribution is -2.43. The molecule has 7 nitrogen and oxygen atoms in total. The third-order valence-corrected chi connectivity index (χ3v) is 7.83. The van der Waals surface area contributed by atoms with Crippen molar-refractivity contribution in [2.45, 2.75) is 57.5 Å². The molecule has 1 unspecified atom stereocenters. The summed E-state index contributed by atoms with van der Waals surface area (Å²) in [7, 11) is 3.41. The first kappa shape index (κ1) is 24.0. The zero-order valence-electron chi connectivity index (χ0n) is 21.3. The van der Waals surface area contributed by atoms with Crippen molar-refractivity contribution in [2.24, 2.45) is 7.05 Å². The van der Waals surface area contributed by atoms with Crippen LogP contribution in [0.1, 0.15) is 48.2 Å². The maximum Gasteiger partial charge on any atom is 0.240 e. The quantitative estimate of drug-likeness (QED) is 0.477. The van der Waals surface area contributed by atoms with Gasteiger partial charge in [-0.2, -0.15) is 5.10 Å². The lowest BCUT2D eigenvalue weighted by atomic mass is 9.75. The zero-order valence-corrected chi connectivity index (χ0v) is 21.3. The molecule has 1 saturated carbocycles. The van der Waals surface area contributed by atoms with E-state index in [1.165, 1.54) is 11.9 Å². The van der Waals surface area contributed by atoms with E-state index in [2.05, 4.69) is 5.10 Å². The minimum Gasteiger partial charge on any atom is -0.335 e. The molecular formula is C29H32N4O3. The number of carbonyl (C=O) groups excluding carboxylic acids is 3. The Bertz CT molecular complexity index is 1320. The number of rotatable bonds is 7. The molecule has 3 aromatic rings. The van der Waals surface area contributed by atoms with Gasteiger partial charge in [0.2, 0.25) is 17.7 Å². The third kappa shape index (κ3) is 4.12. The average molecular weight is 485 g/mol. The minimum atomic E-state index is -1.19. The smallest absolute Gasteiger partial charge is 0.240 e. The van der Waals surface area contributed by atoms with Crippen LogP contribution in [0.4, 0.5) is 0 Å². The van der Waals surface area contributed by atoms with Crippen molar-refractivity contribution in [1.29, 1.82) is 0 Å². The van der Waals surface area contributed by atoms with Gasteiger partial charge >= 0.3 is 0 Å². The summed E-state index contributed by atoms with van der Waals surface area (Å²) in [6.07, 6.45) is 1.88. The number of nitrogens with zero attached hydrogens (tertiary/aromatic N) is 4. The SMILES string of the molecule is Cc1nn(C)c(C)c1CN(C(=O)CC1(c2ccc(-c3ccccc3)cc2)CC(=O)N(C)C1=O)C1CC1. The van der Waals surface area contributed by atoms with Crippen molar-refractivity contribution in [3.05, 3.63) is 77.1 Å². The summed E-state index contributed by atoms with van der Waals surface area (Å²) in [5.41, 5.74) is 4.60. The monoisotopic (exact) mass is 484 g/mol. The van der Waals surface area contributed by atoms with Crippen LogP contribution in [0.25, 0.3) is 11.1 Å². The first-order valence-electron chi connectivity index (χ1n) is 12.5. The number of likely N-dealkylation sites (N-methyl/N-ethyl adjacent to an activating group) is 1. The predicted octanol–water partition coefficient (Wildman–Crippen LogP) is 3.91. The summed E-state index contributed by atoms with van der Waals surface area (Å²) in [5, 5.41) is 4.51. The number of benzene rings is 2. The van der Waals surface area contributed by atoms with Crippen molar-refractivity contribution in [2.75, 3.05) is 7.05 Å². The van der Waals surface area contributed by atoms with Crippen molar-refractivity contribution < 1.29 is 14.4 Å². The Morgan fingerprint density at radius 1 is 1.00 bits per heavy atom. The number of carbonyl (C=O) groups is 3. The van der Waals surface area contributed by atoms with Crippen molar-refractivity contribution in [3.8, 4) is 11.1 Å². The van der Waals surface area contributed by atoms with Gasteiger partial charge in [0.1, 0.15) is 0 Å². The molecule has 7 heteroatoms. The van der Waals surface area contributed by atoms with Crippen LogP contribution in [0.5, 0.6) is 0 Å². The predicted molar refractivity (Wildman–Crippen MR) is 137 cm³/mol. The zero-order chi connectivity index (χ0) is 25.6. The Morgan fingerprint density at radius 2 is 1.64 bits per heavy atom. The highest BCUT2D eigenvalue weighted by molar-refractivity contribution is 6.10. The number of amides is 3. The fraction of sp³-hybridized carbons (Fsp3) is 0.379. The van der Waals surface area contributed by atoms with Gasteiger partial charge in [-0.05, 0) is 43.4 Å². The molecule has 2 fully saturated rings. The maximum atomic E-state index is 13.9. The highest BCUT2D eigenvalue weighted by atomic mass is 16.2. The fourth-order valence-electron chi connectivity index (χ4n) is 5.35. The Hall–Kier alpha value is -3.74. The van der Waals surface area contributed by atoms with Crippen LogP contribution in [0, 0.1) is 13.8 Å². The van der Waals surface area contributed by atoms with E-state index in [0.29, 0.717) is 12.1 Å². The van der Waals surface area contributed by atoms with Crippen molar-refractivity contribution in [3.63, 3.8) is 0 Å². The molecule has 2 aliphatic rings. The number of hydrogen-bond acceptors (Lipinski definition) is 4. The van der Waals surface area contributed by atoms with Crippen LogP contribution in [0.3, 0.4) is 0 Å². The van der Waals surface area contributed by atoms with E-state index < -0.39 is 5.41 Å². The molecule has 0 radical (unpaired) electrons. The number of likely N-dealkylation sites (tertiary alicyclic amines) is 1. The van der Waals surface area contributed by atoms with E-state index in [-0.39, 0.29) is 36.6 Å². The molecule has 186 valence electrons. The Labute approximate surface area is 211 Å². The molecule has 1 aromatic heterocycles. The minimum absolute atomic E-state index is 0.00219. The van der Waals surface area contributed by atoms with E-state index in [1.807, 2.05) is 85.1 Å². The molecular weight excluding hydrogens is 452 g/mol. The van der Waals surface area contributed by atoms with Gasteiger partial charge in [0, 0.05) is 50.8 Å². The molecule has 1 atom stereocenters. The van der Waals surface area contributed by atoms with Crippen LogP contribution < -0.4 is 0 Å². The van der Waals surface area contributed by atoms with Gasteiger partial charge in [0.25, 0.3) is 0 Å². The van der Waals surface area contributed by atoms with Crippen LogP contribution in [-0.2, 0) is 33.4 Å². The lowest BCUT2D eigenvalue weighted by Gasteiger charge is -2.30. The van der Waals surface area contributed by atoms with Gasteiger partial charge in [-0.25, -0.2) is 0 Å². The molecule has 5 rings (SSSR count). The molecule has 1 saturated heterocycles. The standard InChI is InChI=1S/C29H32N4O3/c1-19-25(20(2)32(4)30-19)18-33(24-14-15-24)27(35)17-29(16-26(34)31(3)28(29)36)23-12-10-22(11-13-23)21-8-6-5-7-9-21/h5-13,24H,14-18H2,1-4H3. The number of hydrogen-bond donors (Lipinski definition) is 0. The number of imide groups is 1. The van der Waals surface area contributed by atoms with Gasteiger partial charge < -0.3 is 4.90 Å². The van der Waals surface area contributed by atoms with Gasteiger partial charge in [0.15, 0.2) is 0 Å². The molecule has 1 aliphatic heterocycles. The maximum absolute atomic E-state index is 13.9. The third-order valence-electron chi connectivity index (χ3n) is 7.83. The summed E-state index contributed by atoms with van der Waals surface area (Å²) < 4.78 is 1.84. The van der Waals surface area contributed by atoms with Gasteiger partial charge in [-0.1, -0.05) is 54.6 Å². The van der Waals surface area contributed by atoms with E-state index >= 15 is 0 Å². The van der Waals surface area contributed by atoms with Crippen molar-refractivity contribution in [1.82, 2.24) is 19.6 Å². The van der Waals surface area contributed by atoms with Crippen molar-refractivity contribution >= 4 is 17.7 Å². The number of aromatic nitrogens is 2. The largest absolute Gasteiger partial charge is 0.335 e. The molecule has 1 aliphatic carbocycles. The topological polar surface area (TPSA) is 75.5 Å². The first-order chi connectivity index (χ1) is 17.2. The van der Waals surface area contributed by atoms with E-state index in [1.54, 1.807) is 0 Å². The highest BCUT2D eigenvalue weighted by Crippen LogP contribution is 2.42. The highest BCUT2D eigenvalue weighted by Gasteiger charge is 2.53. The normalized spacial score (nSPS) is 19.7. The summed E-state index contributed by atoms with van der Waals surface area (Å²) in [6.45, 7) is 4.44. The first-order valence-corrected chi connectivity index (χ1v) is 12.5. The second kappa shape index (κ2) is 9.04. The molecule has 0 N–H and O–H groups in total. The molecule has 0 spiro atoms. The number of aryl methyl sites for hydroxylation is 2. The van der Waals surface area contributed by atoms with E-state index in [9.17, 15) is 14.4 Å². The second-order valence-corrected chi connectivity index (χ2v) is 10.2. The summed E-state index contributed by atoms with van der Waals surface area (Å²) in [5.74, 6) is -0.654. The second-order valence-electron chi connectivity index (χ2n) is 10.2.